The SMILES string of the molecule is COc1ccccc1-n1nnnc1SCc1nc2ccccc2c(=O)[nH]1. The van der Waals surface area contributed by atoms with Crippen LogP contribution >= 0.6 is 11.8 Å². The summed E-state index contributed by atoms with van der Waals surface area (Å²) >= 11 is 1.38. The topological polar surface area (TPSA) is 98.6 Å². The summed E-state index contributed by atoms with van der Waals surface area (Å²) in [6, 6.07) is 14.7. The number of tetrazole rings is 1. The molecule has 0 saturated heterocycles. The molecule has 26 heavy (non-hydrogen) atoms. The normalized spacial score (nSPS) is 11.0. The molecule has 0 radical (unpaired) electrons. The van der Waals surface area contributed by atoms with Crippen LogP contribution in [0.1, 0.15) is 5.82 Å². The van der Waals surface area contributed by atoms with E-state index in [1.807, 2.05) is 42.5 Å². The van der Waals surface area contributed by atoms with E-state index in [9.17, 15) is 4.79 Å². The molecule has 0 atom stereocenters. The van der Waals surface area contributed by atoms with E-state index in [1.54, 1.807) is 17.9 Å². The Morgan fingerprint density at radius 3 is 2.85 bits per heavy atom. The van der Waals surface area contributed by atoms with Gasteiger partial charge in [0.2, 0.25) is 5.16 Å². The minimum atomic E-state index is -0.157. The molecular weight excluding hydrogens is 352 g/mol. The Morgan fingerprint density at radius 1 is 1.15 bits per heavy atom. The van der Waals surface area contributed by atoms with Crippen LogP contribution < -0.4 is 10.3 Å². The number of aromatic amines is 1. The van der Waals surface area contributed by atoms with Gasteiger partial charge in [0.05, 0.1) is 23.8 Å². The third-order valence-electron chi connectivity index (χ3n) is 3.75. The molecule has 0 saturated carbocycles. The average molecular weight is 366 g/mol. The van der Waals surface area contributed by atoms with E-state index in [-0.39, 0.29) is 5.56 Å². The maximum absolute atomic E-state index is 12.2. The summed E-state index contributed by atoms with van der Waals surface area (Å²) in [6.07, 6.45) is 0. The van der Waals surface area contributed by atoms with Gasteiger partial charge < -0.3 is 9.72 Å². The van der Waals surface area contributed by atoms with E-state index in [1.165, 1.54) is 11.8 Å². The number of hydrogen-bond acceptors (Lipinski definition) is 7. The quantitative estimate of drug-likeness (QED) is 0.541. The second-order valence-electron chi connectivity index (χ2n) is 5.36. The molecule has 0 unspecified atom stereocenters. The zero-order valence-electron chi connectivity index (χ0n) is 13.8. The summed E-state index contributed by atoms with van der Waals surface area (Å²) in [5.41, 5.74) is 1.24. The first-order valence-corrected chi connectivity index (χ1v) is 8.77. The molecule has 130 valence electrons. The van der Waals surface area contributed by atoms with Gasteiger partial charge in [0.15, 0.2) is 0 Å². The van der Waals surface area contributed by atoms with Crippen molar-refractivity contribution in [2.45, 2.75) is 10.9 Å². The van der Waals surface area contributed by atoms with Gasteiger partial charge in [0, 0.05) is 0 Å². The zero-order chi connectivity index (χ0) is 17.9. The Kier molecular flexibility index (Phi) is 4.36. The van der Waals surface area contributed by atoms with Gasteiger partial charge >= 0.3 is 0 Å². The van der Waals surface area contributed by atoms with E-state index in [0.717, 1.165) is 5.69 Å². The van der Waals surface area contributed by atoms with Crippen molar-refractivity contribution in [1.29, 1.82) is 0 Å². The van der Waals surface area contributed by atoms with E-state index < -0.39 is 0 Å². The Hall–Kier alpha value is -3.20. The van der Waals surface area contributed by atoms with Crippen LogP contribution in [0.3, 0.4) is 0 Å². The monoisotopic (exact) mass is 366 g/mol. The van der Waals surface area contributed by atoms with E-state index in [4.69, 9.17) is 4.74 Å². The van der Waals surface area contributed by atoms with E-state index in [2.05, 4.69) is 25.5 Å². The molecule has 0 aliphatic rings. The predicted molar refractivity (Wildman–Crippen MR) is 97.6 cm³/mol. The van der Waals surface area contributed by atoms with Crippen LogP contribution in [0.4, 0.5) is 0 Å². The number of nitrogens with one attached hydrogen (secondary N) is 1. The summed E-state index contributed by atoms with van der Waals surface area (Å²) in [5, 5.41) is 13.0. The van der Waals surface area contributed by atoms with Crippen LogP contribution in [0.5, 0.6) is 5.75 Å². The fraction of sp³-hybridized carbons (Fsp3) is 0.118. The van der Waals surface area contributed by atoms with E-state index >= 15 is 0 Å². The van der Waals surface area contributed by atoms with Crippen molar-refractivity contribution < 1.29 is 4.74 Å². The second kappa shape index (κ2) is 6.96. The summed E-state index contributed by atoms with van der Waals surface area (Å²) < 4.78 is 6.97. The first-order valence-electron chi connectivity index (χ1n) is 7.79. The number of methoxy groups -OCH3 is 1. The molecule has 1 N–H and O–H groups in total. The molecular formula is C17H14N6O2S. The molecule has 0 spiro atoms. The summed E-state index contributed by atoms with van der Waals surface area (Å²) in [7, 11) is 1.60. The number of H-pyrrole nitrogens is 1. The first-order chi connectivity index (χ1) is 12.8. The lowest BCUT2D eigenvalue weighted by Crippen LogP contribution is -2.11. The molecule has 0 aliphatic carbocycles. The smallest absolute Gasteiger partial charge is 0.258 e. The molecule has 4 rings (SSSR count). The molecule has 0 bridgehead atoms. The van der Waals surface area contributed by atoms with Crippen molar-refractivity contribution in [3.8, 4) is 11.4 Å². The minimum Gasteiger partial charge on any atom is -0.494 e. The largest absolute Gasteiger partial charge is 0.494 e. The molecule has 8 nitrogen and oxygen atoms in total. The van der Waals surface area contributed by atoms with Crippen molar-refractivity contribution >= 4 is 22.7 Å². The summed E-state index contributed by atoms with van der Waals surface area (Å²) in [4.78, 5) is 19.5. The van der Waals surface area contributed by atoms with Crippen LogP contribution in [-0.2, 0) is 5.75 Å². The highest BCUT2D eigenvalue weighted by molar-refractivity contribution is 7.98. The van der Waals surface area contributed by atoms with Crippen molar-refractivity contribution in [3.05, 3.63) is 64.7 Å². The third-order valence-corrected chi connectivity index (χ3v) is 4.68. The Balaban J connectivity index is 1.62. The minimum absolute atomic E-state index is 0.157. The Bertz CT molecular complexity index is 1120. The standard InChI is InChI=1S/C17H14N6O2S/c1-25-14-9-5-4-8-13(14)23-17(20-21-22-23)26-10-15-18-12-7-3-2-6-11(12)16(24)19-15/h2-9H,10H2,1H3,(H,18,19,24). The van der Waals surface area contributed by atoms with Gasteiger partial charge in [-0.3, -0.25) is 4.79 Å². The third kappa shape index (κ3) is 3.04. The van der Waals surface area contributed by atoms with Crippen molar-refractivity contribution in [2.75, 3.05) is 7.11 Å². The highest BCUT2D eigenvalue weighted by Crippen LogP contribution is 2.26. The lowest BCUT2D eigenvalue weighted by molar-refractivity contribution is 0.410. The molecule has 2 aromatic heterocycles. The number of para-hydroxylation sites is 3. The van der Waals surface area contributed by atoms with Crippen LogP contribution in [0.2, 0.25) is 0 Å². The lowest BCUT2D eigenvalue weighted by Gasteiger charge is -2.08. The highest BCUT2D eigenvalue weighted by Gasteiger charge is 2.14. The number of benzene rings is 2. The van der Waals surface area contributed by atoms with Gasteiger partial charge in [0.25, 0.3) is 5.56 Å². The highest BCUT2D eigenvalue weighted by atomic mass is 32.2. The molecule has 2 heterocycles. The maximum Gasteiger partial charge on any atom is 0.258 e. The van der Waals surface area contributed by atoms with Crippen LogP contribution in [0.25, 0.3) is 16.6 Å². The average Bonchev–Trinajstić information content (AvgIpc) is 3.15. The number of thioether (sulfide) groups is 1. The Labute approximate surface area is 152 Å². The summed E-state index contributed by atoms with van der Waals surface area (Å²) in [5.74, 6) is 1.66. The van der Waals surface area contributed by atoms with Gasteiger partial charge in [-0.2, -0.15) is 4.68 Å². The molecule has 9 heteroatoms. The number of fused-ring (bicyclic) bond motifs is 1. The van der Waals surface area contributed by atoms with Gasteiger partial charge in [-0.25, -0.2) is 4.98 Å². The molecule has 0 aliphatic heterocycles. The lowest BCUT2D eigenvalue weighted by atomic mass is 10.2. The van der Waals surface area contributed by atoms with Crippen molar-refractivity contribution in [3.63, 3.8) is 0 Å². The number of hydrogen-bond donors (Lipinski definition) is 1. The number of nitrogens with zero attached hydrogens (tertiary/aromatic N) is 5. The van der Waals surface area contributed by atoms with E-state index in [0.29, 0.717) is 33.4 Å². The number of rotatable bonds is 5. The Morgan fingerprint density at radius 2 is 1.96 bits per heavy atom. The molecule has 0 amide bonds. The summed E-state index contributed by atoms with van der Waals surface area (Å²) in [6.45, 7) is 0. The second-order valence-corrected chi connectivity index (χ2v) is 6.31. The fourth-order valence-corrected chi connectivity index (χ4v) is 3.31. The number of aromatic nitrogens is 6. The van der Waals surface area contributed by atoms with Crippen molar-refractivity contribution in [2.24, 2.45) is 0 Å². The number of ether oxygens (including phenoxy) is 1. The van der Waals surface area contributed by atoms with Crippen molar-refractivity contribution in [1.82, 2.24) is 30.2 Å². The molecule has 4 aromatic rings. The molecule has 2 aromatic carbocycles. The fourth-order valence-electron chi connectivity index (χ4n) is 2.56. The van der Waals surface area contributed by atoms with Gasteiger partial charge in [0.1, 0.15) is 17.3 Å². The predicted octanol–water partition coefficient (Wildman–Crippen LogP) is 2.20. The van der Waals surface area contributed by atoms with Gasteiger partial charge in [-0.05, 0) is 34.7 Å². The van der Waals surface area contributed by atoms with Crippen LogP contribution in [0.15, 0.2) is 58.5 Å². The van der Waals surface area contributed by atoms with Crippen LogP contribution in [0, 0.1) is 0 Å². The maximum atomic E-state index is 12.2. The van der Waals surface area contributed by atoms with Gasteiger partial charge in [-0.15, -0.1) is 5.10 Å². The van der Waals surface area contributed by atoms with Crippen LogP contribution in [-0.4, -0.2) is 37.3 Å². The first kappa shape index (κ1) is 16.3. The molecule has 0 fully saturated rings. The zero-order valence-corrected chi connectivity index (χ0v) is 14.6. The van der Waals surface area contributed by atoms with Gasteiger partial charge in [-0.1, -0.05) is 36.0 Å².